The molecule has 0 spiro atoms. The van der Waals surface area contributed by atoms with Gasteiger partial charge in [-0.3, -0.25) is 4.79 Å². The van der Waals surface area contributed by atoms with Gasteiger partial charge in [0.05, 0.1) is 6.10 Å². The van der Waals surface area contributed by atoms with E-state index in [2.05, 4.69) is 18.7 Å². The molecule has 1 amide bonds. The van der Waals surface area contributed by atoms with E-state index in [0.717, 1.165) is 50.1 Å². The van der Waals surface area contributed by atoms with Gasteiger partial charge in [-0.15, -0.1) is 0 Å². The molecule has 0 bridgehead atoms. The molecular formula is C27H45NO2. The van der Waals surface area contributed by atoms with Crippen LogP contribution in [-0.2, 0) is 4.79 Å². The fourth-order valence-electron chi connectivity index (χ4n) is 9.46. The highest BCUT2D eigenvalue weighted by atomic mass is 16.3. The summed E-state index contributed by atoms with van der Waals surface area (Å²) in [4.78, 5) is 14.6. The molecule has 1 N–H and O–H groups in total. The largest absolute Gasteiger partial charge is 0.393 e. The third kappa shape index (κ3) is 3.37. The zero-order valence-corrected chi connectivity index (χ0v) is 19.6. The highest BCUT2D eigenvalue weighted by molar-refractivity contribution is 5.76. The Morgan fingerprint density at radius 1 is 0.933 bits per heavy atom. The summed E-state index contributed by atoms with van der Waals surface area (Å²) in [7, 11) is 0. The molecule has 0 aromatic carbocycles. The lowest BCUT2D eigenvalue weighted by Crippen LogP contribution is -2.57. The van der Waals surface area contributed by atoms with E-state index >= 15 is 0 Å². The van der Waals surface area contributed by atoms with Crippen LogP contribution in [0, 0.1) is 40.4 Å². The van der Waals surface area contributed by atoms with Crippen LogP contribution in [0.25, 0.3) is 0 Å². The summed E-state index contributed by atoms with van der Waals surface area (Å²) in [6.07, 6.45) is 17.3. The van der Waals surface area contributed by atoms with Gasteiger partial charge in [-0.25, -0.2) is 0 Å². The number of nitrogens with zero attached hydrogens (tertiary/aromatic N) is 1. The van der Waals surface area contributed by atoms with Crippen molar-refractivity contribution in [3.63, 3.8) is 0 Å². The van der Waals surface area contributed by atoms with Crippen LogP contribution in [0.3, 0.4) is 0 Å². The molecule has 8 atom stereocenters. The molecule has 5 rings (SSSR count). The number of likely N-dealkylation sites (tertiary alicyclic amines) is 1. The molecule has 5 aliphatic rings. The van der Waals surface area contributed by atoms with Gasteiger partial charge in [-0.05, 0) is 111 Å². The van der Waals surface area contributed by atoms with Crippen LogP contribution in [0.5, 0.6) is 0 Å². The first-order valence-corrected chi connectivity index (χ1v) is 13.4. The molecule has 4 saturated carbocycles. The first kappa shape index (κ1) is 21.3. The van der Waals surface area contributed by atoms with Crippen LogP contribution in [0.2, 0.25) is 0 Å². The first-order chi connectivity index (χ1) is 14.4. The van der Waals surface area contributed by atoms with Gasteiger partial charge >= 0.3 is 0 Å². The standard InChI is InChI=1S/C27H45NO2/c1-26-14-4-3-8-20(26)18-23(29)25-21-12-11-19(27(21,2)15-13-22(25)26)9-7-10-24(30)28-16-5-6-17-28/h19-23,25,29H,3-18H2,1-2H3. The summed E-state index contributed by atoms with van der Waals surface area (Å²) in [6, 6.07) is 0. The van der Waals surface area contributed by atoms with E-state index < -0.39 is 0 Å². The van der Waals surface area contributed by atoms with Gasteiger partial charge in [-0.1, -0.05) is 26.7 Å². The third-order valence-corrected chi connectivity index (χ3v) is 11.2. The maximum atomic E-state index is 12.5. The maximum absolute atomic E-state index is 12.5. The molecule has 8 unspecified atom stereocenters. The zero-order valence-electron chi connectivity index (χ0n) is 19.6. The van der Waals surface area contributed by atoms with Crippen molar-refractivity contribution in [1.82, 2.24) is 4.90 Å². The number of aliphatic hydroxyl groups excluding tert-OH is 1. The number of carbonyl (C=O) groups excluding carboxylic acids is 1. The van der Waals surface area contributed by atoms with Crippen LogP contribution in [-0.4, -0.2) is 35.1 Å². The highest BCUT2D eigenvalue weighted by Gasteiger charge is 2.61. The molecule has 0 aromatic rings. The number of amides is 1. The molecule has 1 heterocycles. The van der Waals surface area contributed by atoms with E-state index in [1.807, 2.05) is 0 Å². The summed E-state index contributed by atoms with van der Waals surface area (Å²) in [5, 5.41) is 11.3. The minimum absolute atomic E-state index is 0.0636. The number of hydrogen-bond donors (Lipinski definition) is 1. The van der Waals surface area contributed by atoms with Crippen LogP contribution in [0.15, 0.2) is 0 Å². The second-order valence-electron chi connectivity index (χ2n) is 12.3. The normalized spacial score (nSPS) is 48.2. The predicted molar refractivity (Wildman–Crippen MR) is 121 cm³/mol. The summed E-state index contributed by atoms with van der Waals surface area (Å²) in [5.74, 6) is 3.93. The Morgan fingerprint density at radius 3 is 2.50 bits per heavy atom. The minimum Gasteiger partial charge on any atom is -0.393 e. The van der Waals surface area contributed by atoms with E-state index in [9.17, 15) is 9.90 Å². The minimum atomic E-state index is -0.0636. The van der Waals surface area contributed by atoms with Gasteiger partial charge in [0.15, 0.2) is 0 Å². The smallest absolute Gasteiger partial charge is 0.222 e. The Labute approximate surface area is 184 Å². The van der Waals surface area contributed by atoms with Crippen molar-refractivity contribution in [2.75, 3.05) is 13.1 Å². The SMILES string of the molecule is CC12CCC3C(C(O)CC4CCCCC43C)C1CCC2CCCC(=O)N1CCCC1. The van der Waals surface area contributed by atoms with Crippen molar-refractivity contribution in [1.29, 1.82) is 0 Å². The molecule has 1 aliphatic heterocycles. The van der Waals surface area contributed by atoms with Gasteiger partial charge in [0.1, 0.15) is 0 Å². The molecule has 5 fully saturated rings. The predicted octanol–water partition coefficient (Wildman–Crippen LogP) is 5.80. The van der Waals surface area contributed by atoms with E-state index in [-0.39, 0.29) is 6.10 Å². The highest BCUT2D eigenvalue weighted by Crippen LogP contribution is 2.67. The van der Waals surface area contributed by atoms with Gasteiger partial charge in [-0.2, -0.15) is 0 Å². The average molecular weight is 416 g/mol. The topological polar surface area (TPSA) is 40.5 Å². The third-order valence-electron chi connectivity index (χ3n) is 11.2. The lowest BCUT2D eigenvalue weighted by Gasteiger charge is -2.62. The van der Waals surface area contributed by atoms with Crippen LogP contribution in [0.4, 0.5) is 0 Å². The number of carbonyl (C=O) groups is 1. The van der Waals surface area contributed by atoms with E-state index in [1.54, 1.807) is 0 Å². The molecule has 170 valence electrons. The monoisotopic (exact) mass is 415 g/mol. The van der Waals surface area contributed by atoms with Gasteiger partial charge in [0, 0.05) is 19.5 Å². The summed E-state index contributed by atoms with van der Waals surface area (Å²) < 4.78 is 0. The molecule has 3 nitrogen and oxygen atoms in total. The summed E-state index contributed by atoms with van der Waals surface area (Å²) >= 11 is 0. The van der Waals surface area contributed by atoms with Crippen molar-refractivity contribution in [2.24, 2.45) is 40.4 Å². The Bertz CT molecular complexity index is 643. The van der Waals surface area contributed by atoms with Crippen molar-refractivity contribution in [3.8, 4) is 0 Å². The van der Waals surface area contributed by atoms with Gasteiger partial charge in [0.25, 0.3) is 0 Å². The Hall–Kier alpha value is -0.570. The lowest BCUT2D eigenvalue weighted by atomic mass is 9.44. The van der Waals surface area contributed by atoms with Crippen LogP contribution < -0.4 is 0 Å². The van der Waals surface area contributed by atoms with Gasteiger partial charge in [0.2, 0.25) is 5.91 Å². The zero-order chi connectivity index (χ0) is 20.9. The Morgan fingerprint density at radius 2 is 1.70 bits per heavy atom. The average Bonchev–Trinajstić information content (AvgIpc) is 3.37. The first-order valence-electron chi connectivity index (χ1n) is 13.4. The molecule has 30 heavy (non-hydrogen) atoms. The summed E-state index contributed by atoms with van der Waals surface area (Å²) in [5.41, 5.74) is 0.889. The van der Waals surface area contributed by atoms with Crippen LogP contribution >= 0.6 is 0 Å². The van der Waals surface area contributed by atoms with Crippen molar-refractivity contribution < 1.29 is 9.90 Å². The number of hydrogen-bond acceptors (Lipinski definition) is 2. The van der Waals surface area contributed by atoms with Crippen LogP contribution in [0.1, 0.15) is 104 Å². The van der Waals surface area contributed by atoms with Crippen molar-refractivity contribution in [2.45, 2.75) is 110 Å². The Kier molecular flexibility index (Phi) is 5.74. The Balaban J connectivity index is 1.25. The van der Waals surface area contributed by atoms with E-state index in [1.165, 1.54) is 70.6 Å². The second-order valence-corrected chi connectivity index (χ2v) is 12.3. The van der Waals surface area contributed by atoms with Gasteiger partial charge < -0.3 is 10.0 Å². The van der Waals surface area contributed by atoms with Crippen molar-refractivity contribution >= 4 is 5.91 Å². The fourth-order valence-corrected chi connectivity index (χ4v) is 9.46. The summed E-state index contributed by atoms with van der Waals surface area (Å²) in [6.45, 7) is 7.14. The molecule has 0 aromatic heterocycles. The second kappa shape index (κ2) is 8.09. The number of aliphatic hydroxyl groups is 1. The van der Waals surface area contributed by atoms with E-state index in [0.29, 0.717) is 28.6 Å². The molecule has 4 aliphatic carbocycles. The maximum Gasteiger partial charge on any atom is 0.222 e. The molecule has 3 heteroatoms. The van der Waals surface area contributed by atoms with E-state index in [4.69, 9.17) is 0 Å². The molecule has 1 saturated heterocycles. The number of rotatable bonds is 4. The van der Waals surface area contributed by atoms with Crippen molar-refractivity contribution in [3.05, 3.63) is 0 Å². The number of fused-ring (bicyclic) bond motifs is 5. The molecule has 0 radical (unpaired) electrons. The lowest BCUT2D eigenvalue weighted by molar-refractivity contribution is -0.162. The fraction of sp³-hybridized carbons (Fsp3) is 0.963. The quantitative estimate of drug-likeness (QED) is 0.630. The molecular weight excluding hydrogens is 370 g/mol.